The Morgan fingerprint density at radius 1 is 0.882 bits per heavy atom. The van der Waals surface area contributed by atoms with Gasteiger partial charge in [-0.05, 0) is 48.9 Å². The first-order valence-corrected chi connectivity index (χ1v) is 10.4. The fourth-order valence-corrected chi connectivity index (χ4v) is 3.17. The largest absolute Gasteiger partial charge is 0.488 e. The Labute approximate surface area is 194 Å². The van der Waals surface area contributed by atoms with Gasteiger partial charge < -0.3 is 19.5 Å². The molecular weight excluding hydrogens is 457 g/mol. The van der Waals surface area contributed by atoms with E-state index in [1.54, 1.807) is 48.5 Å². The molecule has 0 spiro atoms. The zero-order valence-electron chi connectivity index (χ0n) is 18.3. The normalized spacial score (nSPS) is 12.5. The van der Waals surface area contributed by atoms with Gasteiger partial charge in [0.2, 0.25) is 0 Å². The molecular formula is C25H24F5NO3. The third-order valence-corrected chi connectivity index (χ3v) is 4.86. The third-order valence-electron chi connectivity index (χ3n) is 4.86. The number of halogens is 5. The smallest absolute Gasteiger partial charge is 0.416 e. The summed E-state index contributed by atoms with van der Waals surface area (Å²) in [4.78, 5) is 1.34. The fourth-order valence-electron chi connectivity index (χ4n) is 3.17. The van der Waals surface area contributed by atoms with Crippen LogP contribution in [0.5, 0.6) is 17.2 Å². The second-order valence-corrected chi connectivity index (χ2v) is 7.70. The molecule has 0 aliphatic rings. The maximum Gasteiger partial charge on any atom is 0.416 e. The highest BCUT2D eigenvalue weighted by atomic mass is 19.4. The molecule has 3 aromatic rings. The highest BCUT2D eigenvalue weighted by Gasteiger charge is 2.39. The summed E-state index contributed by atoms with van der Waals surface area (Å²) >= 11 is 0. The zero-order valence-corrected chi connectivity index (χ0v) is 18.3. The van der Waals surface area contributed by atoms with Gasteiger partial charge in [0.25, 0.3) is 6.43 Å². The average molecular weight is 481 g/mol. The molecule has 0 saturated heterocycles. The van der Waals surface area contributed by atoms with Gasteiger partial charge in [-0.15, -0.1) is 0 Å². The van der Waals surface area contributed by atoms with E-state index < -0.39 is 31.9 Å². The van der Waals surface area contributed by atoms with Crippen LogP contribution >= 0.6 is 0 Å². The van der Waals surface area contributed by atoms with E-state index in [2.05, 4.69) is 0 Å². The predicted molar refractivity (Wildman–Crippen MR) is 119 cm³/mol. The first kappa shape index (κ1) is 25.3. The van der Waals surface area contributed by atoms with Gasteiger partial charge in [0.15, 0.2) is 6.10 Å². The van der Waals surface area contributed by atoms with E-state index in [-0.39, 0.29) is 12.3 Å². The second-order valence-electron chi connectivity index (χ2n) is 7.70. The van der Waals surface area contributed by atoms with Crippen LogP contribution in [0.3, 0.4) is 0 Å². The van der Waals surface area contributed by atoms with Gasteiger partial charge in [0, 0.05) is 18.3 Å². The van der Waals surface area contributed by atoms with E-state index in [9.17, 15) is 27.1 Å². The van der Waals surface area contributed by atoms with Gasteiger partial charge in [0.1, 0.15) is 23.9 Å². The van der Waals surface area contributed by atoms with Crippen LogP contribution in [-0.4, -0.2) is 37.0 Å². The Balaban J connectivity index is 1.84. The van der Waals surface area contributed by atoms with E-state index >= 15 is 0 Å². The molecule has 4 nitrogen and oxygen atoms in total. The number of benzene rings is 3. The predicted octanol–water partition coefficient (Wildman–Crippen LogP) is 6.36. The summed E-state index contributed by atoms with van der Waals surface area (Å²) in [6.07, 6.45) is -10.1. The quantitative estimate of drug-likeness (QED) is 0.342. The highest BCUT2D eigenvalue weighted by molar-refractivity contribution is 5.52. The number of rotatable bonds is 10. The summed E-state index contributed by atoms with van der Waals surface area (Å²) in [5.74, 6) is 1.14. The monoisotopic (exact) mass is 481 g/mol. The van der Waals surface area contributed by atoms with Crippen LogP contribution in [0.4, 0.5) is 27.6 Å². The van der Waals surface area contributed by atoms with Crippen LogP contribution in [0.2, 0.25) is 0 Å². The molecule has 1 N–H and O–H groups in total. The Hall–Kier alpha value is -3.33. The molecule has 0 saturated carbocycles. The van der Waals surface area contributed by atoms with Gasteiger partial charge in [-0.25, -0.2) is 8.78 Å². The number of ether oxygens (including phenoxy) is 2. The van der Waals surface area contributed by atoms with Crippen LogP contribution in [-0.2, 0) is 6.54 Å². The summed E-state index contributed by atoms with van der Waals surface area (Å²) in [7, 11) is 0. The van der Waals surface area contributed by atoms with Gasteiger partial charge in [0.05, 0.1) is 6.54 Å². The maximum atomic E-state index is 13.1. The van der Waals surface area contributed by atoms with Crippen molar-refractivity contribution in [2.24, 2.45) is 0 Å². The zero-order chi connectivity index (χ0) is 24.7. The lowest BCUT2D eigenvalue weighted by Crippen LogP contribution is -2.40. The van der Waals surface area contributed by atoms with Crippen molar-refractivity contribution in [3.8, 4) is 17.2 Å². The van der Waals surface area contributed by atoms with Crippen molar-refractivity contribution < 1.29 is 36.5 Å². The number of aryl methyl sites for hydroxylation is 1. The Morgan fingerprint density at radius 3 is 2.24 bits per heavy atom. The molecule has 0 aliphatic heterocycles. The van der Waals surface area contributed by atoms with Gasteiger partial charge >= 0.3 is 6.18 Å². The number of aliphatic hydroxyl groups excluding tert-OH is 1. The lowest BCUT2D eigenvalue weighted by atomic mass is 10.1. The molecule has 3 rings (SSSR count). The van der Waals surface area contributed by atoms with Crippen LogP contribution in [0.1, 0.15) is 11.1 Å². The summed E-state index contributed by atoms with van der Waals surface area (Å²) < 4.78 is 75.0. The standard InChI is InChI=1S/C25H24F5NO3/c1-17-8-10-20(11-9-17)34-22-7-3-5-19(13-22)31(15-23(32)25(28,29)30)14-18-4-2-6-21(12-18)33-16-24(26)27/h2-13,23-24,32H,14-16H2,1H3/t23-/m1/s1. The number of anilines is 1. The number of hydrogen-bond acceptors (Lipinski definition) is 4. The molecule has 0 aromatic heterocycles. The van der Waals surface area contributed by atoms with Crippen molar-refractivity contribution in [1.82, 2.24) is 0 Å². The second kappa shape index (κ2) is 11.2. The minimum absolute atomic E-state index is 0.0347. The molecule has 34 heavy (non-hydrogen) atoms. The number of hydrogen-bond donors (Lipinski definition) is 1. The fraction of sp³-hybridized carbons (Fsp3) is 0.280. The lowest BCUT2D eigenvalue weighted by Gasteiger charge is -2.29. The Kier molecular flexibility index (Phi) is 8.33. The first-order chi connectivity index (χ1) is 16.1. The van der Waals surface area contributed by atoms with E-state index in [0.29, 0.717) is 22.7 Å². The minimum Gasteiger partial charge on any atom is -0.488 e. The van der Waals surface area contributed by atoms with Crippen molar-refractivity contribution in [1.29, 1.82) is 0 Å². The SMILES string of the molecule is Cc1ccc(Oc2cccc(N(Cc3cccc(OCC(F)F)c3)C[C@@H](O)C(F)(F)F)c2)cc1. The molecule has 182 valence electrons. The molecule has 0 heterocycles. The Morgan fingerprint density at radius 2 is 1.56 bits per heavy atom. The lowest BCUT2D eigenvalue weighted by molar-refractivity contribution is -0.200. The van der Waals surface area contributed by atoms with Gasteiger partial charge in [-0.3, -0.25) is 0 Å². The first-order valence-electron chi connectivity index (χ1n) is 10.4. The van der Waals surface area contributed by atoms with Crippen molar-refractivity contribution >= 4 is 5.69 Å². The van der Waals surface area contributed by atoms with Crippen LogP contribution < -0.4 is 14.4 Å². The van der Waals surface area contributed by atoms with Crippen LogP contribution in [0, 0.1) is 6.92 Å². The molecule has 1 atom stereocenters. The van der Waals surface area contributed by atoms with E-state index in [0.717, 1.165) is 5.56 Å². The van der Waals surface area contributed by atoms with E-state index in [1.165, 1.54) is 17.0 Å². The summed E-state index contributed by atoms with van der Waals surface area (Å²) in [5.41, 5.74) is 1.95. The molecule has 9 heteroatoms. The molecule has 0 amide bonds. The van der Waals surface area contributed by atoms with Crippen molar-refractivity contribution in [3.05, 3.63) is 83.9 Å². The molecule has 0 aliphatic carbocycles. The van der Waals surface area contributed by atoms with E-state index in [4.69, 9.17) is 9.47 Å². The van der Waals surface area contributed by atoms with Crippen LogP contribution in [0.15, 0.2) is 72.8 Å². The average Bonchev–Trinajstić information content (AvgIpc) is 2.78. The van der Waals surface area contributed by atoms with E-state index in [1.807, 2.05) is 19.1 Å². The minimum atomic E-state index is -4.81. The van der Waals surface area contributed by atoms with Crippen LogP contribution in [0.25, 0.3) is 0 Å². The topological polar surface area (TPSA) is 41.9 Å². The summed E-state index contributed by atoms with van der Waals surface area (Å²) in [6.45, 7) is 0.368. The van der Waals surface area contributed by atoms with Gasteiger partial charge in [-0.2, -0.15) is 13.2 Å². The molecule has 3 aromatic carbocycles. The summed E-state index contributed by atoms with van der Waals surface area (Å²) in [5, 5.41) is 9.72. The third kappa shape index (κ3) is 7.62. The molecule has 0 fully saturated rings. The summed E-state index contributed by atoms with van der Waals surface area (Å²) in [6, 6.07) is 19.9. The van der Waals surface area contributed by atoms with Crippen molar-refractivity contribution in [2.45, 2.75) is 32.2 Å². The van der Waals surface area contributed by atoms with Gasteiger partial charge in [-0.1, -0.05) is 35.9 Å². The van der Waals surface area contributed by atoms with Crippen molar-refractivity contribution in [3.63, 3.8) is 0 Å². The molecule has 0 unspecified atom stereocenters. The number of alkyl halides is 5. The Bertz CT molecular complexity index is 1060. The maximum absolute atomic E-state index is 13.1. The number of aliphatic hydroxyl groups is 1. The molecule has 0 radical (unpaired) electrons. The van der Waals surface area contributed by atoms with Crippen molar-refractivity contribution in [2.75, 3.05) is 18.1 Å². The highest BCUT2D eigenvalue weighted by Crippen LogP contribution is 2.30. The molecule has 0 bridgehead atoms. The number of nitrogens with zero attached hydrogens (tertiary/aromatic N) is 1.